The lowest BCUT2D eigenvalue weighted by Crippen LogP contribution is -2.99. The molecule has 5 heteroatoms. The number of nitrogens with two attached hydrogens (primary N) is 1. The molecule has 28 heavy (non-hydrogen) atoms. The zero-order chi connectivity index (χ0) is 19.5. The fourth-order valence-corrected chi connectivity index (χ4v) is 7.13. The molecule has 5 nitrogen and oxygen atoms in total. The van der Waals surface area contributed by atoms with Crippen LogP contribution in [0.2, 0.25) is 0 Å². The summed E-state index contributed by atoms with van der Waals surface area (Å²) in [5.41, 5.74) is 1.96. The highest BCUT2D eigenvalue weighted by atomic mass is 16.2. The molecule has 2 amide bonds. The van der Waals surface area contributed by atoms with Crippen LogP contribution in [-0.2, 0) is 9.59 Å². The van der Waals surface area contributed by atoms with E-state index in [0.29, 0.717) is 11.5 Å². The topological polar surface area (TPSA) is 66.0 Å². The van der Waals surface area contributed by atoms with Crippen LogP contribution in [0.25, 0.3) is 0 Å². The summed E-state index contributed by atoms with van der Waals surface area (Å²) in [5.74, 6) is 2.69. The van der Waals surface area contributed by atoms with Gasteiger partial charge in [-0.25, -0.2) is 0 Å². The van der Waals surface area contributed by atoms with Crippen LogP contribution in [0.4, 0.5) is 11.4 Å². The SMILES string of the molecule is C[C@H]([NH2+][C@H](C)C(=O)N1CC(=O)Nc2ccccc21)C12CC3CC(CC(C3)C1)C2. The van der Waals surface area contributed by atoms with E-state index in [1.54, 1.807) is 4.90 Å². The van der Waals surface area contributed by atoms with Crippen molar-refractivity contribution in [2.75, 3.05) is 16.8 Å². The number of hydrogen-bond donors (Lipinski definition) is 2. The Balaban J connectivity index is 1.31. The van der Waals surface area contributed by atoms with Crippen molar-refractivity contribution in [3.8, 4) is 0 Å². The van der Waals surface area contributed by atoms with Gasteiger partial charge in [-0.3, -0.25) is 14.5 Å². The summed E-state index contributed by atoms with van der Waals surface area (Å²) in [6.07, 6.45) is 8.39. The van der Waals surface area contributed by atoms with Gasteiger partial charge in [-0.1, -0.05) is 12.1 Å². The lowest BCUT2D eigenvalue weighted by atomic mass is 9.48. The van der Waals surface area contributed by atoms with Gasteiger partial charge in [-0.2, -0.15) is 0 Å². The molecule has 2 atom stereocenters. The van der Waals surface area contributed by atoms with Crippen molar-refractivity contribution in [2.24, 2.45) is 23.2 Å². The third-order valence-electron chi connectivity index (χ3n) is 8.06. The first-order chi connectivity index (χ1) is 13.4. The largest absolute Gasteiger partial charge is 0.334 e. The van der Waals surface area contributed by atoms with E-state index in [9.17, 15) is 9.59 Å². The fraction of sp³-hybridized carbons (Fsp3) is 0.652. The van der Waals surface area contributed by atoms with Gasteiger partial charge in [-0.15, -0.1) is 0 Å². The number of anilines is 2. The Morgan fingerprint density at radius 1 is 1.11 bits per heavy atom. The van der Waals surface area contributed by atoms with Crippen molar-refractivity contribution < 1.29 is 14.9 Å². The number of para-hydroxylation sites is 2. The summed E-state index contributed by atoms with van der Waals surface area (Å²) >= 11 is 0. The second-order valence-electron chi connectivity index (χ2n) is 10.0. The lowest BCUT2D eigenvalue weighted by molar-refractivity contribution is -0.718. The smallest absolute Gasteiger partial charge is 0.285 e. The molecule has 1 aromatic carbocycles. The van der Waals surface area contributed by atoms with Gasteiger partial charge in [0.2, 0.25) is 5.91 Å². The number of amides is 2. The third-order valence-corrected chi connectivity index (χ3v) is 8.06. The molecule has 0 saturated heterocycles. The highest BCUT2D eigenvalue weighted by Gasteiger charge is 2.55. The lowest BCUT2D eigenvalue weighted by Gasteiger charge is -2.58. The molecule has 1 heterocycles. The van der Waals surface area contributed by atoms with E-state index in [2.05, 4.69) is 17.6 Å². The minimum Gasteiger partial charge on any atom is -0.334 e. The average molecular weight is 383 g/mol. The Kier molecular flexibility index (Phi) is 4.27. The third kappa shape index (κ3) is 2.95. The Morgan fingerprint density at radius 3 is 2.36 bits per heavy atom. The maximum Gasteiger partial charge on any atom is 0.285 e. The molecule has 4 aliphatic carbocycles. The normalized spacial score (nSPS) is 35.3. The van der Waals surface area contributed by atoms with Crippen molar-refractivity contribution in [1.29, 1.82) is 0 Å². The molecule has 0 radical (unpaired) electrons. The molecule has 1 aliphatic heterocycles. The number of nitrogens with one attached hydrogen (secondary N) is 1. The maximum atomic E-state index is 13.3. The number of carbonyl (C=O) groups is 2. The number of hydrogen-bond acceptors (Lipinski definition) is 2. The summed E-state index contributed by atoms with van der Waals surface area (Å²) in [7, 11) is 0. The fourth-order valence-electron chi connectivity index (χ4n) is 7.13. The van der Waals surface area contributed by atoms with Crippen LogP contribution in [0.5, 0.6) is 0 Å². The Labute approximate surface area is 167 Å². The molecule has 5 aliphatic rings. The first-order valence-corrected chi connectivity index (χ1v) is 11.0. The second kappa shape index (κ2) is 6.58. The highest BCUT2D eigenvalue weighted by molar-refractivity contribution is 6.10. The summed E-state index contributed by atoms with van der Waals surface area (Å²) < 4.78 is 0. The van der Waals surface area contributed by atoms with E-state index in [0.717, 1.165) is 29.1 Å². The quantitative estimate of drug-likeness (QED) is 0.840. The molecule has 4 fully saturated rings. The van der Waals surface area contributed by atoms with Crippen LogP contribution in [0.15, 0.2) is 24.3 Å². The van der Waals surface area contributed by atoms with E-state index in [1.165, 1.54) is 38.5 Å². The number of rotatable bonds is 4. The number of benzene rings is 1. The number of nitrogens with zero attached hydrogens (tertiary/aromatic N) is 1. The van der Waals surface area contributed by atoms with E-state index in [1.807, 2.05) is 31.2 Å². The zero-order valence-electron chi connectivity index (χ0n) is 17.0. The van der Waals surface area contributed by atoms with E-state index >= 15 is 0 Å². The zero-order valence-corrected chi connectivity index (χ0v) is 17.0. The van der Waals surface area contributed by atoms with Crippen molar-refractivity contribution >= 4 is 23.2 Å². The van der Waals surface area contributed by atoms with Crippen LogP contribution in [0.1, 0.15) is 52.4 Å². The Bertz CT molecular complexity index is 770. The van der Waals surface area contributed by atoms with Crippen molar-refractivity contribution in [3.63, 3.8) is 0 Å². The van der Waals surface area contributed by atoms with Crippen molar-refractivity contribution in [1.82, 2.24) is 0 Å². The highest BCUT2D eigenvalue weighted by Crippen LogP contribution is 2.60. The van der Waals surface area contributed by atoms with E-state index < -0.39 is 0 Å². The average Bonchev–Trinajstić information content (AvgIpc) is 2.65. The van der Waals surface area contributed by atoms with Gasteiger partial charge in [0.25, 0.3) is 5.91 Å². The molecule has 4 bridgehead atoms. The van der Waals surface area contributed by atoms with Crippen molar-refractivity contribution in [2.45, 2.75) is 64.5 Å². The molecule has 6 rings (SSSR count). The van der Waals surface area contributed by atoms with Gasteiger partial charge < -0.3 is 10.6 Å². The summed E-state index contributed by atoms with van der Waals surface area (Å²) in [6, 6.07) is 7.86. The van der Waals surface area contributed by atoms with Gasteiger partial charge in [0.15, 0.2) is 6.04 Å². The number of quaternary nitrogens is 1. The van der Waals surface area contributed by atoms with Crippen LogP contribution in [0, 0.1) is 23.2 Å². The monoisotopic (exact) mass is 382 g/mol. The molecule has 0 aromatic heterocycles. The molecule has 150 valence electrons. The van der Waals surface area contributed by atoms with Crippen LogP contribution in [0.3, 0.4) is 0 Å². The van der Waals surface area contributed by atoms with Crippen LogP contribution in [-0.4, -0.2) is 30.4 Å². The predicted octanol–water partition coefficient (Wildman–Crippen LogP) is 2.53. The number of carbonyl (C=O) groups excluding carboxylic acids is 2. The van der Waals surface area contributed by atoms with E-state index in [4.69, 9.17) is 0 Å². The molecule has 0 unspecified atom stereocenters. The second-order valence-corrected chi connectivity index (χ2v) is 10.0. The molecule has 3 N–H and O–H groups in total. The summed E-state index contributed by atoms with van der Waals surface area (Å²) in [6.45, 7) is 4.46. The molecular weight excluding hydrogens is 350 g/mol. The number of fused-ring (bicyclic) bond motifs is 1. The van der Waals surface area contributed by atoms with Crippen LogP contribution < -0.4 is 15.5 Å². The molecule has 1 aromatic rings. The minimum atomic E-state index is -0.179. The Hall–Kier alpha value is -1.88. The minimum absolute atomic E-state index is 0.0406. The first kappa shape index (κ1) is 18.2. The molecule has 4 saturated carbocycles. The van der Waals surface area contributed by atoms with Gasteiger partial charge in [-0.05, 0) is 82.3 Å². The molecule has 0 spiro atoms. The van der Waals surface area contributed by atoms with Gasteiger partial charge >= 0.3 is 0 Å². The standard InChI is InChI=1S/C23H31N3O2/c1-14(22(28)26-13-21(27)25-19-5-3-4-6-20(19)26)24-15(2)23-10-16-7-17(11-23)9-18(8-16)12-23/h3-6,14-18,24H,7-13H2,1-2H3,(H,25,27)/p+1/t14-,15+,16?,17?,18?,23?/m1/s1. The van der Waals surface area contributed by atoms with Gasteiger partial charge in [0.1, 0.15) is 6.54 Å². The van der Waals surface area contributed by atoms with Crippen LogP contribution >= 0.6 is 0 Å². The van der Waals surface area contributed by atoms with Gasteiger partial charge in [0.05, 0.1) is 17.4 Å². The van der Waals surface area contributed by atoms with E-state index in [-0.39, 0.29) is 24.4 Å². The Morgan fingerprint density at radius 2 is 1.71 bits per heavy atom. The van der Waals surface area contributed by atoms with Crippen molar-refractivity contribution in [3.05, 3.63) is 24.3 Å². The first-order valence-electron chi connectivity index (χ1n) is 11.0. The molecular formula is C23H32N3O2+. The van der Waals surface area contributed by atoms with Gasteiger partial charge in [0, 0.05) is 5.41 Å². The predicted molar refractivity (Wildman–Crippen MR) is 109 cm³/mol. The maximum absolute atomic E-state index is 13.3. The summed E-state index contributed by atoms with van der Waals surface area (Å²) in [5, 5.41) is 5.17. The summed E-state index contributed by atoms with van der Waals surface area (Å²) in [4.78, 5) is 27.1.